The number of nitrogens with one attached hydrogen (secondary N) is 2. The number of nitriles is 1. The Balaban J connectivity index is 1.58. The first-order chi connectivity index (χ1) is 15.8. The number of nitrogens with zero attached hydrogens (tertiary/aromatic N) is 1. The molecule has 166 valence electrons. The smallest absolute Gasteiger partial charge is 0.266 e. The number of amides is 2. The molecule has 3 aromatic carbocycles. The standard InChI is InChI=1S/C24H16Cl2IN3O3/c25-17-6-9-21(26)22(11-17)30-23(31)14-33-20-7-4-15(5-8-20)10-16(13-28)24(32)29-19-3-1-2-18(27)12-19/h1-12H,14H2,(H,29,32)(H,30,31)/b16-10+. The molecule has 0 aliphatic rings. The van der Waals surface area contributed by atoms with Gasteiger partial charge < -0.3 is 15.4 Å². The third-order valence-corrected chi connectivity index (χ3v) is 5.45. The highest BCUT2D eigenvalue weighted by Crippen LogP contribution is 2.25. The third-order valence-electron chi connectivity index (χ3n) is 4.21. The summed E-state index contributed by atoms with van der Waals surface area (Å²) in [6, 6.07) is 20.6. The molecule has 0 fully saturated rings. The molecule has 0 heterocycles. The van der Waals surface area contributed by atoms with Crippen molar-refractivity contribution in [3.05, 3.63) is 91.5 Å². The van der Waals surface area contributed by atoms with E-state index in [2.05, 4.69) is 33.2 Å². The molecule has 0 saturated heterocycles. The summed E-state index contributed by atoms with van der Waals surface area (Å²) in [6.07, 6.45) is 1.47. The van der Waals surface area contributed by atoms with E-state index in [9.17, 15) is 14.9 Å². The molecular formula is C24H16Cl2IN3O3. The molecule has 2 N–H and O–H groups in total. The number of anilines is 2. The minimum absolute atomic E-state index is 0.0414. The van der Waals surface area contributed by atoms with Crippen LogP contribution in [0.25, 0.3) is 6.08 Å². The molecule has 0 radical (unpaired) electrons. The van der Waals surface area contributed by atoms with Gasteiger partial charge in [0.15, 0.2) is 6.61 Å². The Kier molecular flexibility index (Phi) is 8.72. The zero-order valence-electron chi connectivity index (χ0n) is 16.9. The minimum Gasteiger partial charge on any atom is -0.484 e. The molecule has 0 aromatic heterocycles. The molecule has 0 unspecified atom stereocenters. The van der Waals surface area contributed by atoms with E-state index in [4.69, 9.17) is 27.9 Å². The fourth-order valence-corrected chi connectivity index (χ4v) is 3.55. The molecule has 0 bridgehead atoms. The van der Waals surface area contributed by atoms with E-state index in [-0.39, 0.29) is 12.2 Å². The maximum absolute atomic E-state index is 12.4. The number of hydrogen-bond acceptors (Lipinski definition) is 4. The molecule has 9 heteroatoms. The summed E-state index contributed by atoms with van der Waals surface area (Å²) in [7, 11) is 0. The van der Waals surface area contributed by atoms with E-state index in [1.807, 2.05) is 18.2 Å². The van der Waals surface area contributed by atoms with Crippen molar-refractivity contribution >= 4 is 75.1 Å². The Bertz CT molecular complexity index is 1250. The fourth-order valence-electron chi connectivity index (χ4n) is 2.67. The number of carbonyl (C=O) groups excluding carboxylic acids is 2. The molecule has 6 nitrogen and oxygen atoms in total. The Morgan fingerprint density at radius 2 is 1.79 bits per heavy atom. The minimum atomic E-state index is -0.504. The monoisotopic (exact) mass is 591 g/mol. The number of hydrogen-bond donors (Lipinski definition) is 2. The molecule has 0 saturated carbocycles. The zero-order chi connectivity index (χ0) is 23.8. The molecule has 33 heavy (non-hydrogen) atoms. The van der Waals surface area contributed by atoms with Crippen LogP contribution in [0.15, 0.2) is 72.3 Å². The lowest BCUT2D eigenvalue weighted by molar-refractivity contribution is -0.118. The van der Waals surface area contributed by atoms with Gasteiger partial charge in [-0.25, -0.2) is 0 Å². The van der Waals surface area contributed by atoms with Gasteiger partial charge in [0.05, 0.1) is 10.7 Å². The van der Waals surface area contributed by atoms with Crippen molar-refractivity contribution in [1.82, 2.24) is 0 Å². The third kappa shape index (κ3) is 7.49. The summed E-state index contributed by atoms with van der Waals surface area (Å²) in [5, 5.41) is 15.5. The second-order valence-corrected chi connectivity index (χ2v) is 8.75. The lowest BCUT2D eigenvalue weighted by atomic mass is 10.1. The highest BCUT2D eigenvalue weighted by Gasteiger charge is 2.11. The highest BCUT2D eigenvalue weighted by molar-refractivity contribution is 14.1. The summed E-state index contributed by atoms with van der Waals surface area (Å²) in [5.74, 6) is -0.459. The lowest BCUT2D eigenvalue weighted by Crippen LogP contribution is -2.20. The van der Waals surface area contributed by atoms with Gasteiger partial charge in [-0.05, 0) is 82.8 Å². The van der Waals surface area contributed by atoms with Gasteiger partial charge in [0.25, 0.3) is 11.8 Å². The van der Waals surface area contributed by atoms with Gasteiger partial charge in [0.2, 0.25) is 0 Å². The van der Waals surface area contributed by atoms with Crippen molar-refractivity contribution in [2.45, 2.75) is 0 Å². The van der Waals surface area contributed by atoms with Gasteiger partial charge in [-0.15, -0.1) is 0 Å². The van der Waals surface area contributed by atoms with Gasteiger partial charge in [0.1, 0.15) is 17.4 Å². The number of carbonyl (C=O) groups is 2. The van der Waals surface area contributed by atoms with E-state index in [1.165, 1.54) is 6.08 Å². The van der Waals surface area contributed by atoms with Crippen LogP contribution in [0.1, 0.15) is 5.56 Å². The molecule has 0 aliphatic heterocycles. The van der Waals surface area contributed by atoms with Gasteiger partial charge in [-0.1, -0.05) is 41.4 Å². The number of halogens is 3. The van der Waals surface area contributed by atoms with Crippen LogP contribution in [0.3, 0.4) is 0 Å². The Hall–Kier alpha value is -3.06. The average molecular weight is 592 g/mol. The fraction of sp³-hybridized carbons (Fsp3) is 0.0417. The van der Waals surface area contributed by atoms with Crippen molar-refractivity contribution in [2.24, 2.45) is 0 Å². The van der Waals surface area contributed by atoms with Crippen molar-refractivity contribution in [1.29, 1.82) is 5.26 Å². The molecular weight excluding hydrogens is 576 g/mol. The summed E-state index contributed by atoms with van der Waals surface area (Å²) in [5.41, 5.74) is 1.59. The molecule has 0 spiro atoms. The molecule has 3 aromatic rings. The first-order valence-electron chi connectivity index (χ1n) is 9.50. The second kappa shape index (κ2) is 11.7. The first kappa shape index (κ1) is 24.6. The predicted molar refractivity (Wildman–Crippen MR) is 138 cm³/mol. The maximum atomic E-state index is 12.4. The van der Waals surface area contributed by atoms with Gasteiger partial charge in [-0.3, -0.25) is 9.59 Å². The van der Waals surface area contributed by atoms with Crippen LogP contribution >= 0.6 is 45.8 Å². The predicted octanol–water partition coefficient (Wildman–Crippen LogP) is 6.16. The van der Waals surface area contributed by atoms with E-state index in [1.54, 1.807) is 54.6 Å². The Morgan fingerprint density at radius 3 is 2.48 bits per heavy atom. The maximum Gasteiger partial charge on any atom is 0.266 e. The van der Waals surface area contributed by atoms with E-state index < -0.39 is 11.8 Å². The van der Waals surface area contributed by atoms with E-state index in [0.29, 0.717) is 32.7 Å². The number of ether oxygens (including phenoxy) is 1. The van der Waals surface area contributed by atoms with Crippen molar-refractivity contribution in [2.75, 3.05) is 17.2 Å². The largest absolute Gasteiger partial charge is 0.484 e. The van der Waals surface area contributed by atoms with Crippen LogP contribution in [0.4, 0.5) is 11.4 Å². The van der Waals surface area contributed by atoms with Crippen LogP contribution in [0.2, 0.25) is 10.0 Å². The normalized spacial score (nSPS) is 10.8. The van der Waals surface area contributed by atoms with E-state index in [0.717, 1.165) is 3.57 Å². The van der Waals surface area contributed by atoms with Gasteiger partial charge >= 0.3 is 0 Å². The van der Waals surface area contributed by atoms with Crippen molar-refractivity contribution in [3.63, 3.8) is 0 Å². The van der Waals surface area contributed by atoms with Crippen molar-refractivity contribution < 1.29 is 14.3 Å². The van der Waals surface area contributed by atoms with Crippen LogP contribution in [-0.4, -0.2) is 18.4 Å². The summed E-state index contributed by atoms with van der Waals surface area (Å²) in [4.78, 5) is 24.5. The lowest BCUT2D eigenvalue weighted by Gasteiger charge is -2.09. The number of rotatable bonds is 7. The molecule has 0 aliphatic carbocycles. The summed E-state index contributed by atoms with van der Waals surface area (Å²) >= 11 is 14.1. The van der Waals surface area contributed by atoms with Gasteiger partial charge in [-0.2, -0.15) is 5.26 Å². The average Bonchev–Trinajstić information content (AvgIpc) is 2.79. The Morgan fingerprint density at radius 1 is 1.03 bits per heavy atom. The van der Waals surface area contributed by atoms with Gasteiger partial charge in [0, 0.05) is 14.3 Å². The topological polar surface area (TPSA) is 91.2 Å². The van der Waals surface area contributed by atoms with Crippen LogP contribution in [0.5, 0.6) is 5.75 Å². The number of benzene rings is 3. The SMILES string of the molecule is N#C/C(=C\c1ccc(OCC(=O)Nc2cc(Cl)ccc2Cl)cc1)C(=O)Nc1cccc(I)c1. The highest BCUT2D eigenvalue weighted by atomic mass is 127. The quantitative estimate of drug-likeness (QED) is 0.195. The van der Waals surface area contributed by atoms with Crippen LogP contribution in [0, 0.1) is 14.9 Å². The first-order valence-corrected chi connectivity index (χ1v) is 11.3. The second-order valence-electron chi connectivity index (χ2n) is 6.66. The molecule has 0 atom stereocenters. The summed E-state index contributed by atoms with van der Waals surface area (Å²) in [6.45, 7) is -0.236. The molecule has 3 rings (SSSR count). The van der Waals surface area contributed by atoms with Crippen LogP contribution < -0.4 is 15.4 Å². The van der Waals surface area contributed by atoms with Crippen molar-refractivity contribution in [3.8, 4) is 11.8 Å². The zero-order valence-corrected chi connectivity index (χ0v) is 20.6. The van der Waals surface area contributed by atoms with E-state index >= 15 is 0 Å². The van der Waals surface area contributed by atoms with Crippen LogP contribution in [-0.2, 0) is 9.59 Å². The summed E-state index contributed by atoms with van der Waals surface area (Å²) < 4.78 is 6.45. The molecule has 2 amide bonds. The Labute approximate surface area is 214 Å².